The second-order valence-electron chi connectivity index (χ2n) is 6.67. The molecule has 0 bridgehead atoms. The Balaban J connectivity index is 1.73. The molecule has 6 heteroatoms. The third kappa shape index (κ3) is 3.80. The molecule has 138 valence electrons. The lowest BCUT2D eigenvalue weighted by atomic mass is 10.0. The third-order valence-electron chi connectivity index (χ3n) is 4.92. The molecule has 1 aliphatic rings. The van der Waals surface area contributed by atoms with E-state index in [-0.39, 0.29) is 30.4 Å². The molecule has 1 aromatic heterocycles. The highest BCUT2D eigenvalue weighted by Crippen LogP contribution is 2.28. The summed E-state index contributed by atoms with van der Waals surface area (Å²) >= 11 is 0. The molecule has 1 saturated heterocycles. The van der Waals surface area contributed by atoms with Crippen molar-refractivity contribution in [3.8, 4) is 11.1 Å². The highest BCUT2D eigenvalue weighted by molar-refractivity contribution is 5.69. The molecule has 26 heavy (non-hydrogen) atoms. The number of aryl methyl sites for hydroxylation is 1. The van der Waals surface area contributed by atoms with Gasteiger partial charge in [-0.15, -0.1) is 0 Å². The summed E-state index contributed by atoms with van der Waals surface area (Å²) in [5, 5.41) is 8.99. The molecule has 0 spiro atoms. The smallest absolute Gasteiger partial charge is 0.410 e. The van der Waals surface area contributed by atoms with E-state index in [1.807, 2.05) is 43.5 Å². The standard InChI is InChI=1S/C20H24N2O4/c1-14(22-11-9-18(10-12-23)26-20(22)25)15-3-5-16(6-4-15)17-7-8-19(24)21(2)13-17/h3-8,13-14,18,23H,9-12H2,1-2H3. The Morgan fingerprint density at radius 2 is 1.85 bits per heavy atom. The Morgan fingerprint density at radius 3 is 2.46 bits per heavy atom. The van der Waals surface area contributed by atoms with Crippen LogP contribution in [0.5, 0.6) is 0 Å². The summed E-state index contributed by atoms with van der Waals surface area (Å²) in [6.45, 7) is 2.63. The predicted molar refractivity (Wildman–Crippen MR) is 98.8 cm³/mol. The van der Waals surface area contributed by atoms with Crippen LogP contribution in [-0.4, -0.2) is 39.9 Å². The number of aliphatic hydroxyl groups is 1. The number of nitrogens with zero attached hydrogens (tertiary/aromatic N) is 2. The van der Waals surface area contributed by atoms with Gasteiger partial charge in [-0.05, 0) is 29.7 Å². The van der Waals surface area contributed by atoms with Crippen molar-refractivity contribution >= 4 is 6.09 Å². The van der Waals surface area contributed by atoms with Crippen molar-refractivity contribution in [2.75, 3.05) is 13.2 Å². The van der Waals surface area contributed by atoms with Crippen LogP contribution in [0, 0.1) is 0 Å². The number of benzene rings is 1. The van der Waals surface area contributed by atoms with Crippen LogP contribution in [0.3, 0.4) is 0 Å². The molecule has 1 fully saturated rings. The molecule has 2 atom stereocenters. The van der Waals surface area contributed by atoms with Crippen LogP contribution in [0.25, 0.3) is 11.1 Å². The van der Waals surface area contributed by atoms with Gasteiger partial charge >= 0.3 is 6.09 Å². The summed E-state index contributed by atoms with van der Waals surface area (Å²) < 4.78 is 6.95. The maximum atomic E-state index is 12.2. The summed E-state index contributed by atoms with van der Waals surface area (Å²) in [6, 6.07) is 11.3. The molecule has 1 amide bonds. The minimum atomic E-state index is -0.329. The number of amides is 1. The van der Waals surface area contributed by atoms with Crippen LogP contribution in [0.1, 0.15) is 31.4 Å². The van der Waals surface area contributed by atoms with Gasteiger partial charge in [-0.1, -0.05) is 24.3 Å². The van der Waals surface area contributed by atoms with Crippen LogP contribution in [0.2, 0.25) is 0 Å². The first-order chi connectivity index (χ1) is 12.5. The number of hydrogen-bond donors (Lipinski definition) is 1. The van der Waals surface area contributed by atoms with Gasteiger partial charge in [-0.25, -0.2) is 4.79 Å². The lowest BCUT2D eigenvalue weighted by molar-refractivity contribution is 0.00401. The van der Waals surface area contributed by atoms with Crippen LogP contribution < -0.4 is 5.56 Å². The lowest BCUT2D eigenvalue weighted by Crippen LogP contribution is -2.43. The molecule has 1 N–H and O–H groups in total. The molecule has 1 aliphatic heterocycles. The van der Waals surface area contributed by atoms with Gasteiger partial charge in [-0.3, -0.25) is 4.79 Å². The quantitative estimate of drug-likeness (QED) is 0.894. The average Bonchev–Trinajstić information content (AvgIpc) is 2.64. The number of cyclic esters (lactones) is 1. The minimum Gasteiger partial charge on any atom is -0.446 e. The molecule has 1 aromatic carbocycles. The van der Waals surface area contributed by atoms with Gasteiger partial charge in [0, 0.05) is 45.3 Å². The van der Waals surface area contributed by atoms with Crippen LogP contribution in [-0.2, 0) is 11.8 Å². The minimum absolute atomic E-state index is 0.0278. The Hall–Kier alpha value is -2.60. The van der Waals surface area contributed by atoms with Crippen molar-refractivity contribution in [3.63, 3.8) is 0 Å². The summed E-state index contributed by atoms with van der Waals surface area (Å²) in [5.74, 6) is 0. The summed E-state index contributed by atoms with van der Waals surface area (Å²) in [6.07, 6.45) is 2.51. The fourth-order valence-electron chi connectivity index (χ4n) is 3.24. The van der Waals surface area contributed by atoms with Crippen molar-refractivity contribution in [2.24, 2.45) is 7.05 Å². The maximum Gasteiger partial charge on any atom is 0.410 e. The monoisotopic (exact) mass is 356 g/mol. The Morgan fingerprint density at radius 1 is 1.15 bits per heavy atom. The van der Waals surface area contributed by atoms with Gasteiger partial charge in [0.2, 0.25) is 5.56 Å². The molecule has 2 aromatic rings. The first-order valence-electron chi connectivity index (χ1n) is 8.84. The van der Waals surface area contributed by atoms with Crippen molar-refractivity contribution < 1.29 is 14.6 Å². The number of carbonyl (C=O) groups excluding carboxylic acids is 1. The second kappa shape index (κ2) is 7.74. The third-order valence-corrected chi connectivity index (χ3v) is 4.92. The highest BCUT2D eigenvalue weighted by Gasteiger charge is 2.30. The fourth-order valence-corrected chi connectivity index (χ4v) is 3.24. The second-order valence-corrected chi connectivity index (χ2v) is 6.67. The molecule has 2 heterocycles. The zero-order valence-corrected chi connectivity index (χ0v) is 15.1. The van der Waals surface area contributed by atoms with Crippen LogP contribution in [0.15, 0.2) is 47.4 Å². The number of ether oxygens (including phenoxy) is 1. The van der Waals surface area contributed by atoms with E-state index in [2.05, 4.69) is 0 Å². The molecule has 3 rings (SSSR count). The fraction of sp³-hybridized carbons (Fsp3) is 0.400. The first-order valence-corrected chi connectivity index (χ1v) is 8.84. The molecular formula is C20H24N2O4. The normalized spacial score (nSPS) is 18.5. The molecule has 0 aliphatic carbocycles. The van der Waals surface area contributed by atoms with E-state index < -0.39 is 0 Å². The van der Waals surface area contributed by atoms with E-state index in [0.717, 1.165) is 23.1 Å². The number of aliphatic hydroxyl groups excluding tert-OH is 1. The van der Waals surface area contributed by atoms with E-state index >= 15 is 0 Å². The maximum absolute atomic E-state index is 12.2. The van der Waals surface area contributed by atoms with Crippen molar-refractivity contribution in [2.45, 2.75) is 31.9 Å². The van der Waals surface area contributed by atoms with Gasteiger partial charge in [0.05, 0.1) is 6.04 Å². The van der Waals surface area contributed by atoms with E-state index in [1.165, 1.54) is 0 Å². The molecular weight excluding hydrogens is 332 g/mol. The number of pyridine rings is 1. The predicted octanol–water partition coefficient (Wildman–Crippen LogP) is 2.71. The van der Waals surface area contributed by atoms with Gasteiger partial charge in [0.25, 0.3) is 0 Å². The average molecular weight is 356 g/mol. The molecule has 6 nitrogen and oxygen atoms in total. The zero-order valence-electron chi connectivity index (χ0n) is 15.1. The number of rotatable bonds is 5. The number of aromatic nitrogens is 1. The SMILES string of the molecule is CC(c1ccc(-c2ccc(=O)n(C)c2)cc1)N1CCC(CCO)OC1=O. The van der Waals surface area contributed by atoms with E-state index in [9.17, 15) is 9.59 Å². The highest BCUT2D eigenvalue weighted by atomic mass is 16.6. The first kappa shape index (κ1) is 18.2. The summed E-state index contributed by atoms with van der Waals surface area (Å²) in [4.78, 5) is 25.5. The van der Waals surface area contributed by atoms with Crippen molar-refractivity contribution in [1.82, 2.24) is 9.47 Å². The molecule has 0 radical (unpaired) electrons. The summed E-state index contributed by atoms with van der Waals surface area (Å²) in [5.41, 5.74) is 2.97. The van der Waals surface area contributed by atoms with Crippen molar-refractivity contribution in [1.29, 1.82) is 0 Å². The lowest BCUT2D eigenvalue weighted by Gasteiger charge is -2.35. The summed E-state index contributed by atoms with van der Waals surface area (Å²) in [7, 11) is 1.73. The van der Waals surface area contributed by atoms with Crippen molar-refractivity contribution in [3.05, 3.63) is 58.5 Å². The number of hydrogen-bond acceptors (Lipinski definition) is 4. The van der Waals surface area contributed by atoms with Gasteiger partial charge < -0.3 is 19.3 Å². The van der Waals surface area contributed by atoms with Crippen LogP contribution in [0.4, 0.5) is 4.79 Å². The van der Waals surface area contributed by atoms with Gasteiger partial charge in [-0.2, -0.15) is 0 Å². The van der Waals surface area contributed by atoms with E-state index in [4.69, 9.17) is 9.84 Å². The van der Waals surface area contributed by atoms with Gasteiger partial charge in [0.15, 0.2) is 0 Å². The molecule has 2 unspecified atom stereocenters. The largest absolute Gasteiger partial charge is 0.446 e. The zero-order chi connectivity index (χ0) is 18.7. The molecule has 0 saturated carbocycles. The van der Waals surface area contributed by atoms with Gasteiger partial charge in [0.1, 0.15) is 6.10 Å². The Bertz CT molecular complexity index is 828. The number of carbonyl (C=O) groups is 1. The Kier molecular flexibility index (Phi) is 5.42. The topological polar surface area (TPSA) is 71.8 Å². The van der Waals surface area contributed by atoms with E-state index in [0.29, 0.717) is 13.0 Å². The van der Waals surface area contributed by atoms with Crippen LogP contribution >= 0.6 is 0 Å². The Labute approximate surface area is 152 Å². The van der Waals surface area contributed by atoms with E-state index in [1.54, 1.807) is 22.6 Å².